The fourth-order valence-corrected chi connectivity index (χ4v) is 3.15. The average Bonchev–Trinajstić information content (AvgIpc) is 3.09. The van der Waals surface area contributed by atoms with Gasteiger partial charge in [-0.3, -0.25) is 4.79 Å². The topological polar surface area (TPSA) is 92.5 Å². The van der Waals surface area contributed by atoms with Gasteiger partial charge in [-0.2, -0.15) is 0 Å². The molecule has 0 bridgehead atoms. The van der Waals surface area contributed by atoms with Gasteiger partial charge in [-0.1, -0.05) is 30.3 Å². The number of para-hydroxylation sites is 3. The fourth-order valence-electron chi connectivity index (χ4n) is 3.15. The average molecular weight is 409 g/mol. The van der Waals surface area contributed by atoms with Gasteiger partial charge in [0.25, 0.3) is 0 Å². The molecule has 3 rings (SSSR count). The molecule has 7 heteroatoms. The number of nitrogens with one attached hydrogen (secondary N) is 3. The molecule has 0 unspecified atom stereocenters. The van der Waals surface area contributed by atoms with Crippen LogP contribution in [0.5, 0.6) is 5.75 Å². The molecule has 0 spiro atoms. The van der Waals surface area contributed by atoms with E-state index in [1.54, 1.807) is 39.0 Å². The quantitative estimate of drug-likeness (QED) is 0.567. The molecule has 30 heavy (non-hydrogen) atoms. The molecule has 0 saturated carbocycles. The molecule has 1 atom stereocenters. The van der Waals surface area contributed by atoms with Crippen molar-refractivity contribution in [2.45, 2.75) is 38.8 Å². The van der Waals surface area contributed by atoms with Crippen LogP contribution < -0.4 is 15.4 Å². The largest absolute Gasteiger partial charge is 0.495 e. The van der Waals surface area contributed by atoms with E-state index in [0.717, 1.165) is 16.5 Å². The number of aromatic nitrogens is 1. The molecule has 1 heterocycles. The summed E-state index contributed by atoms with van der Waals surface area (Å²) >= 11 is 0. The van der Waals surface area contributed by atoms with Gasteiger partial charge in [0.15, 0.2) is 0 Å². The Morgan fingerprint density at radius 2 is 1.77 bits per heavy atom. The molecule has 1 aromatic heterocycles. The van der Waals surface area contributed by atoms with Crippen LogP contribution in [0.2, 0.25) is 0 Å². The summed E-state index contributed by atoms with van der Waals surface area (Å²) < 4.78 is 10.7. The van der Waals surface area contributed by atoms with Crippen LogP contribution in [0.3, 0.4) is 0 Å². The van der Waals surface area contributed by atoms with Crippen molar-refractivity contribution >= 4 is 28.6 Å². The van der Waals surface area contributed by atoms with Crippen molar-refractivity contribution in [3.05, 3.63) is 60.3 Å². The zero-order valence-corrected chi connectivity index (χ0v) is 17.6. The molecule has 0 aliphatic rings. The maximum absolute atomic E-state index is 13.1. The zero-order valence-electron chi connectivity index (χ0n) is 17.6. The summed E-state index contributed by atoms with van der Waals surface area (Å²) in [7, 11) is 1.54. The van der Waals surface area contributed by atoms with Crippen LogP contribution in [0.1, 0.15) is 26.3 Å². The molecular weight excluding hydrogens is 382 g/mol. The second-order valence-electron chi connectivity index (χ2n) is 7.95. The summed E-state index contributed by atoms with van der Waals surface area (Å²) in [6.07, 6.45) is 1.50. The molecule has 158 valence electrons. The number of carbonyl (C=O) groups is 2. The minimum absolute atomic E-state index is 0.296. The Balaban J connectivity index is 1.84. The number of alkyl carbamates (subject to hydrolysis) is 1. The Hall–Kier alpha value is -3.48. The number of amides is 2. The number of methoxy groups -OCH3 is 1. The van der Waals surface area contributed by atoms with Crippen molar-refractivity contribution in [1.82, 2.24) is 10.3 Å². The molecule has 2 amide bonds. The van der Waals surface area contributed by atoms with Crippen molar-refractivity contribution in [1.29, 1.82) is 0 Å². The molecule has 0 saturated heterocycles. The molecule has 3 aromatic rings. The van der Waals surface area contributed by atoms with Crippen LogP contribution in [0, 0.1) is 0 Å². The predicted molar refractivity (Wildman–Crippen MR) is 117 cm³/mol. The standard InChI is InChI=1S/C23H27N3O4/c1-23(2,3)30-22(28)26-19(13-15-14-24-17-10-6-5-9-16(15)17)21(27)25-18-11-7-8-12-20(18)29-4/h5-12,14,19,24H,13H2,1-4H3,(H,25,27)(H,26,28)/t19-/m0/s1. The van der Waals surface area contributed by atoms with Crippen LogP contribution in [-0.4, -0.2) is 35.7 Å². The smallest absolute Gasteiger partial charge is 0.408 e. The molecular formula is C23H27N3O4. The van der Waals surface area contributed by atoms with Gasteiger partial charge in [-0.05, 0) is 44.5 Å². The summed E-state index contributed by atoms with van der Waals surface area (Å²) in [6.45, 7) is 5.32. The van der Waals surface area contributed by atoms with Gasteiger partial charge < -0.3 is 25.1 Å². The highest BCUT2D eigenvalue weighted by atomic mass is 16.6. The van der Waals surface area contributed by atoms with Crippen molar-refractivity contribution in [2.24, 2.45) is 0 Å². The lowest BCUT2D eigenvalue weighted by Gasteiger charge is -2.23. The molecule has 0 fully saturated rings. The van der Waals surface area contributed by atoms with E-state index in [4.69, 9.17) is 9.47 Å². The van der Waals surface area contributed by atoms with Gasteiger partial charge in [0.1, 0.15) is 17.4 Å². The molecule has 3 N–H and O–H groups in total. The van der Waals surface area contributed by atoms with Crippen LogP contribution in [-0.2, 0) is 16.0 Å². The number of rotatable bonds is 6. The van der Waals surface area contributed by atoms with Crippen LogP contribution in [0.15, 0.2) is 54.7 Å². The molecule has 0 radical (unpaired) electrons. The van der Waals surface area contributed by atoms with Crippen LogP contribution >= 0.6 is 0 Å². The second kappa shape index (κ2) is 8.90. The zero-order chi connectivity index (χ0) is 21.7. The first-order valence-corrected chi connectivity index (χ1v) is 9.75. The molecule has 0 aliphatic carbocycles. The molecule has 7 nitrogen and oxygen atoms in total. The number of benzene rings is 2. The summed E-state index contributed by atoms with van der Waals surface area (Å²) in [5.74, 6) is 0.171. The SMILES string of the molecule is COc1ccccc1NC(=O)[C@H](Cc1c[nH]c2ccccc12)NC(=O)OC(C)(C)C. The number of aromatic amines is 1. The van der Waals surface area contributed by atoms with E-state index in [0.29, 0.717) is 17.9 Å². The number of hydrogen-bond donors (Lipinski definition) is 3. The summed E-state index contributed by atoms with van der Waals surface area (Å²) in [5.41, 5.74) is 1.74. The summed E-state index contributed by atoms with van der Waals surface area (Å²) in [6, 6.07) is 14.1. The lowest BCUT2D eigenvalue weighted by molar-refractivity contribution is -0.118. The lowest BCUT2D eigenvalue weighted by Crippen LogP contribution is -2.47. The number of hydrogen-bond acceptors (Lipinski definition) is 4. The number of H-pyrrole nitrogens is 1. The Morgan fingerprint density at radius 3 is 2.50 bits per heavy atom. The van der Waals surface area contributed by atoms with Gasteiger partial charge in [-0.15, -0.1) is 0 Å². The molecule has 2 aromatic carbocycles. The van der Waals surface area contributed by atoms with Crippen molar-refractivity contribution in [3.63, 3.8) is 0 Å². The van der Waals surface area contributed by atoms with E-state index in [1.165, 1.54) is 7.11 Å². The Bertz CT molecular complexity index is 1040. The minimum Gasteiger partial charge on any atom is -0.495 e. The third-order valence-corrected chi connectivity index (χ3v) is 4.47. The summed E-state index contributed by atoms with van der Waals surface area (Å²) in [4.78, 5) is 28.7. The Morgan fingerprint density at radius 1 is 1.07 bits per heavy atom. The first-order chi connectivity index (χ1) is 14.3. The van der Waals surface area contributed by atoms with Crippen LogP contribution in [0.25, 0.3) is 10.9 Å². The first kappa shape index (κ1) is 21.2. The van der Waals surface area contributed by atoms with Gasteiger partial charge in [0.05, 0.1) is 12.8 Å². The highest BCUT2D eigenvalue weighted by molar-refractivity contribution is 5.98. The number of carbonyl (C=O) groups excluding carboxylic acids is 2. The van der Waals surface area contributed by atoms with E-state index in [2.05, 4.69) is 15.6 Å². The van der Waals surface area contributed by atoms with Gasteiger partial charge in [-0.25, -0.2) is 4.79 Å². The number of anilines is 1. The molecule has 0 aliphatic heterocycles. The fraction of sp³-hybridized carbons (Fsp3) is 0.304. The maximum Gasteiger partial charge on any atom is 0.408 e. The van der Waals surface area contributed by atoms with Gasteiger partial charge >= 0.3 is 6.09 Å². The minimum atomic E-state index is -0.844. The monoisotopic (exact) mass is 409 g/mol. The van der Waals surface area contributed by atoms with Crippen molar-refractivity contribution < 1.29 is 19.1 Å². The van der Waals surface area contributed by atoms with Gasteiger partial charge in [0, 0.05) is 23.5 Å². The van der Waals surface area contributed by atoms with Crippen LogP contribution in [0.4, 0.5) is 10.5 Å². The van der Waals surface area contributed by atoms with E-state index >= 15 is 0 Å². The Kier molecular flexibility index (Phi) is 6.30. The van der Waals surface area contributed by atoms with E-state index in [-0.39, 0.29) is 5.91 Å². The lowest BCUT2D eigenvalue weighted by atomic mass is 10.0. The number of fused-ring (bicyclic) bond motifs is 1. The predicted octanol–water partition coefficient (Wildman–Crippen LogP) is 4.25. The van der Waals surface area contributed by atoms with Crippen molar-refractivity contribution in [3.8, 4) is 5.75 Å². The third kappa shape index (κ3) is 5.31. The van der Waals surface area contributed by atoms with E-state index in [1.807, 2.05) is 36.5 Å². The first-order valence-electron chi connectivity index (χ1n) is 9.75. The summed E-state index contributed by atoms with van der Waals surface area (Å²) in [5, 5.41) is 6.55. The van der Waals surface area contributed by atoms with E-state index < -0.39 is 17.7 Å². The van der Waals surface area contributed by atoms with Crippen molar-refractivity contribution in [2.75, 3.05) is 12.4 Å². The number of ether oxygens (including phenoxy) is 2. The van der Waals surface area contributed by atoms with Gasteiger partial charge in [0.2, 0.25) is 5.91 Å². The normalized spacial score (nSPS) is 12.3. The highest BCUT2D eigenvalue weighted by Crippen LogP contribution is 2.24. The second-order valence-corrected chi connectivity index (χ2v) is 7.95. The maximum atomic E-state index is 13.1. The Labute approximate surface area is 175 Å². The van der Waals surface area contributed by atoms with E-state index in [9.17, 15) is 9.59 Å². The highest BCUT2D eigenvalue weighted by Gasteiger charge is 2.26. The third-order valence-electron chi connectivity index (χ3n) is 4.47.